The minimum atomic E-state index is -1.52. The van der Waals surface area contributed by atoms with E-state index in [0.717, 1.165) is 0 Å². The molecule has 0 aromatic heterocycles. The fourth-order valence-corrected chi connectivity index (χ4v) is 9.82. The molecule has 0 saturated carbocycles. The average Bonchev–Trinajstić information content (AvgIpc) is 2.80. The molecule has 4 aromatic rings. The maximum atomic E-state index is 2.45. The lowest BCUT2D eigenvalue weighted by atomic mass is 10.0. The Balaban J connectivity index is 1.93. The Labute approximate surface area is 214 Å². The van der Waals surface area contributed by atoms with Crippen LogP contribution in [0.25, 0.3) is 0 Å². The Hall–Kier alpha value is -2.97. The van der Waals surface area contributed by atoms with E-state index in [2.05, 4.69) is 163 Å². The predicted molar refractivity (Wildman–Crippen MR) is 155 cm³/mol. The van der Waals surface area contributed by atoms with Crippen molar-refractivity contribution >= 4 is 21.4 Å². The second kappa shape index (κ2) is 9.59. The molecular formula is C33H39NS. The van der Waals surface area contributed by atoms with Crippen LogP contribution < -0.4 is 4.90 Å². The van der Waals surface area contributed by atoms with Crippen molar-refractivity contribution in [2.45, 2.75) is 73.4 Å². The molecule has 0 bridgehead atoms. The molecule has 35 heavy (non-hydrogen) atoms. The van der Waals surface area contributed by atoms with E-state index in [0.29, 0.717) is 0 Å². The summed E-state index contributed by atoms with van der Waals surface area (Å²) in [5.41, 5.74) is 3.67. The summed E-state index contributed by atoms with van der Waals surface area (Å²) >= 11 is 0. The van der Waals surface area contributed by atoms with Gasteiger partial charge in [0.1, 0.15) is 0 Å². The lowest BCUT2D eigenvalue weighted by Gasteiger charge is -2.52. The van der Waals surface area contributed by atoms with Crippen LogP contribution in [0.3, 0.4) is 0 Å². The summed E-state index contributed by atoms with van der Waals surface area (Å²) in [7, 11) is -1.52. The molecule has 0 aliphatic rings. The molecule has 0 aliphatic carbocycles. The third-order valence-corrected chi connectivity index (χ3v) is 11.3. The van der Waals surface area contributed by atoms with Crippen LogP contribution in [0, 0.1) is 6.92 Å². The van der Waals surface area contributed by atoms with Gasteiger partial charge >= 0.3 is 0 Å². The molecule has 2 heteroatoms. The molecule has 4 aromatic carbocycles. The highest BCUT2D eigenvalue weighted by Crippen LogP contribution is 2.75. The van der Waals surface area contributed by atoms with E-state index in [1.165, 1.54) is 31.6 Å². The molecule has 0 atom stereocenters. The summed E-state index contributed by atoms with van der Waals surface area (Å²) in [6, 6.07) is 40.4. The fraction of sp³-hybridized carbons (Fsp3) is 0.273. The maximum absolute atomic E-state index is 2.45. The van der Waals surface area contributed by atoms with Crippen molar-refractivity contribution in [3.05, 3.63) is 115 Å². The monoisotopic (exact) mass is 481 g/mol. The lowest BCUT2D eigenvalue weighted by molar-refractivity contribution is 0.560. The highest BCUT2D eigenvalue weighted by atomic mass is 32.3. The summed E-state index contributed by atoms with van der Waals surface area (Å²) in [6.07, 6.45) is 0. The van der Waals surface area contributed by atoms with Gasteiger partial charge in [-0.05, 0) is 109 Å². The molecule has 1 nitrogen and oxygen atoms in total. The van der Waals surface area contributed by atoms with Gasteiger partial charge in [-0.3, -0.25) is 0 Å². The van der Waals surface area contributed by atoms with E-state index in [9.17, 15) is 0 Å². The first-order chi connectivity index (χ1) is 16.5. The molecule has 182 valence electrons. The Morgan fingerprint density at radius 3 is 1.43 bits per heavy atom. The Morgan fingerprint density at radius 2 is 1.00 bits per heavy atom. The minimum Gasteiger partial charge on any atom is -0.336 e. The van der Waals surface area contributed by atoms with Gasteiger partial charge in [0.15, 0.2) is 0 Å². The molecule has 4 rings (SSSR count). The molecule has 0 unspecified atom stereocenters. The molecule has 0 N–H and O–H groups in total. The summed E-state index contributed by atoms with van der Waals surface area (Å²) in [5, 5.41) is 0. The first kappa shape index (κ1) is 25.1. The highest BCUT2D eigenvalue weighted by molar-refractivity contribution is 8.34. The first-order valence-corrected chi connectivity index (χ1v) is 14.1. The van der Waals surface area contributed by atoms with Crippen molar-refractivity contribution in [1.29, 1.82) is 0 Å². The Kier molecular flexibility index (Phi) is 6.88. The minimum absolute atomic E-state index is 0.0253. The van der Waals surface area contributed by atoms with Gasteiger partial charge in [-0.1, -0.05) is 69.3 Å². The number of hydrogen-bond acceptors (Lipinski definition) is 1. The zero-order valence-electron chi connectivity index (χ0n) is 22.2. The van der Waals surface area contributed by atoms with E-state index < -0.39 is 10.0 Å². The first-order valence-electron chi connectivity index (χ1n) is 12.5. The van der Waals surface area contributed by atoms with Gasteiger partial charge in [-0.2, -0.15) is 10.0 Å². The maximum Gasteiger partial charge on any atom is 0.0418 e. The van der Waals surface area contributed by atoms with Crippen molar-refractivity contribution in [3.63, 3.8) is 0 Å². The molecule has 0 amide bonds. The van der Waals surface area contributed by atoms with Crippen molar-refractivity contribution in [2.75, 3.05) is 4.90 Å². The zero-order chi connectivity index (χ0) is 25.3. The van der Waals surface area contributed by atoms with Gasteiger partial charge < -0.3 is 4.90 Å². The summed E-state index contributed by atoms with van der Waals surface area (Å²) in [6.45, 7) is 16.2. The predicted octanol–water partition coefficient (Wildman–Crippen LogP) is 10.0. The van der Waals surface area contributed by atoms with Gasteiger partial charge in [-0.25, -0.2) is 0 Å². The molecule has 0 fully saturated rings. The van der Waals surface area contributed by atoms with Gasteiger partial charge in [0.25, 0.3) is 0 Å². The Bertz CT molecular complexity index is 1210. The topological polar surface area (TPSA) is 3.24 Å². The fourth-order valence-electron chi connectivity index (χ4n) is 5.21. The number of aryl methyl sites for hydroxylation is 1. The van der Waals surface area contributed by atoms with Crippen molar-refractivity contribution in [3.8, 4) is 0 Å². The van der Waals surface area contributed by atoms with E-state index in [1.807, 2.05) is 0 Å². The lowest BCUT2D eigenvalue weighted by Crippen LogP contribution is -2.37. The normalized spacial score (nSPS) is 12.9. The van der Waals surface area contributed by atoms with Crippen LogP contribution in [0.15, 0.2) is 124 Å². The largest absolute Gasteiger partial charge is 0.336 e. The zero-order valence-corrected chi connectivity index (χ0v) is 23.1. The van der Waals surface area contributed by atoms with Crippen LogP contribution in [0.4, 0.5) is 11.4 Å². The van der Waals surface area contributed by atoms with Crippen LogP contribution in [-0.4, -0.2) is 10.3 Å². The van der Waals surface area contributed by atoms with Gasteiger partial charge in [0, 0.05) is 21.7 Å². The molecular weight excluding hydrogens is 442 g/mol. The Morgan fingerprint density at radius 1 is 0.514 bits per heavy atom. The summed E-state index contributed by atoms with van der Waals surface area (Å²) < 4.78 is 0.0253. The summed E-state index contributed by atoms with van der Waals surface area (Å²) in [4.78, 5) is 6.64. The van der Waals surface area contributed by atoms with Crippen LogP contribution >= 0.6 is 10.0 Å². The molecule has 0 radical (unpaired) electrons. The van der Waals surface area contributed by atoms with E-state index in [4.69, 9.17) is 0 Å². The summed E-state index contributed by atoms with van der Waals surface area (Å²) in [5.74, 6) is 0. The standard InChI is InChI=1S/C33H39NS/c1-26-15-14-16-28(25-26)34(32(2,3)4)27-21-23-31(24-22-27)35(33(5,6)7,29-17-10-8-11-18-29)30-19-12-9-13-20-30/h8-25H,1-7H3. The second-order valence-electron chi connectivity index (χ2n) is 11.2. The molecule has 0 aliphatic heterocycles. The van der Waals surface area contributed by atoms with Crippen LogP contribution in [-0.2, 0) is 0 Å². The second-order valence-corrected chi connectivity index (χ2v) is 15.1. The molecule has 0 saturated heterocycles. The quantitative estimate of drug-likeness (QED) is 0.274. The number of nitrogens with zero attached hydrogens (tertiary/aromatic N) is 1. The smallest absolute Gasteiger partial charge is 0.0418 e. The van der Waals surface area contributed by atoms with Gasteiger partial charge in [-0.15, -0.1) is 0 Å². The number of rotatable bonds is 5. The van der Waals surface area contributed by atoms with Gasteiger partial charge in [0.2, 0.25) is 0 Å². The van der Waals surface area contributed by atoms with E-state index in [-0.39, 0.29) is 10.3 Å². The molecule has 0 spiro atoms. The van der Waals surface area contributed by atoms with Crippen LogP contribution in [0.2, 0.25) is 0 Å². The van der Waals surface area contributed by atoms with E-state index >= 15 is 0 Å². The van der Waals surface area contributed by atoms with Gasteiger partial charge in [0.05, 0.1) is 0 Å². The van der Waals surface area contributed by atoms with Crippen LogP contribution in [0.5, 0.6) is 0 Å². The van der Waals surface area contributed by atoms with Crippen molar-refractivity contribution < 1.29 is 0 Å². The molecule has 0 heterocycles. The van der Waals surface area contributed by atoms with Crippen LogP contribution in [0.1, 0.15) is 47.1 Å². The van der Waals surface area contributed by atoms with Crippen molar-refractivity contribution in [1.82, 2.24) is 0 Å². The third-order valence-electron chi connectivity index (χ3n) is 6.49. The highest BCUT2D eigenvalue weighted by Gasteiger charge is 2.41. The third kappa shape index (κ3) is 4.77. The van der Waals surface area contributed by atoms with E-state index in [1.54, 1.807) is 0 Å². The SMILES string of the molecule is Cc1cccc(N(c2ccc(S(c3ccccc3)(c3ccccc3)C(C)(C)C)cc2)C(C)(C)C)c1. The van der Waals surface area contributed by atoms with Crippen molar-refractivity contribution in [2.24, 2.45) is 0 Å². The number of benzene rings is 4. The number of anilines is 2. The number of hydrogen-bond donors (Lipinski definition) is 0. The average molecular weight is 482 g/mol.